The van der Waals surface area contributed by atoms with Crippen LogP contribution < -0.4 is 16.0 Å². The predicted molar refractivity (Wildman–Crippen MR) is 106 cm³/mol. The maximum atomic E-state index is 12.0. The van der Waals surface area contributed by atoms with E-state index in [-0.39, 0.29) is 12.1 Å². The first-order chi connectivity index (χ1) is 12.0. The van der Waals surface area contributed by atoms with E-state index in [2.05, 4.69) is 28.9 Å². The number of para-hydroxylation sites is 1. The minimum atomic E-state index is -0.144. The second-order valence-electron chi connectivity index (χ2n) is 7.79. The van der Waals surface area contributed by atoms with Crippen LogP contribution >= 0.6 is 0 Å². The zero-order chi connectivity index (χ0) is 18.1. The van der Waals surface area contributed by atoms with Crippen LogP contribution in [0.1, 0.15) is 71.3 Å². The molecule has 0 spiro atoms. The molecule has 4 heteroatoms. The summed E-state index contributed by atoms with van der Waals surface area (Å²) in [6.07, 6.45) is 9.65. The Morgan fingerprint density at radius 3 is 2.44 bits per heavy atom. The number of hydrogen-bond donors (Lipinski definition) is 3. The van der Waals surface area contributed by atoms with Crippen LogP contribution in [0.4, 0.5) is 10.5 Å². The van der Waals surface area contributed by atoms with Crippen LogP contribution in [0.15, 0.2) is 24.3 Å². The van der Waals surface area contributed by atoms with E-state index in [1.807, 2.05) is 32.0 Å². The highest BCUT2D eigenvalue weighted by Gasteiger charge is 2.16. The van der Waals surface area contributed by atoms with Crippen LogP contribution in [0.5, 0.6) is 0 Å². The second-order valence-corrected chi connectivity index (χ2v) is 7.79. The quantitative estimate of drug-likeness (QED) is 0.605. The summed E-state index contributed by atoms with van der Waals surface area (Å²) in [5.41, 5.74) is 2.02. The molecule has 1 aromatic rings. The standard InChI is InChI=1S/C21H35N3O/c1-16(2)23-21(25)24-20-13-9-8-12-19(20)15-22-17(3)14-18-10-6-4-5-7-11-18/h8-9,12-13,16-18,22H,4-7,10-11,14-15H2,1-3H3,(H2,23,24,25)/t17-/m0/s1. The lowest BCUT2D eigenvalue weighted by atomic mass is 9.93. The number of benzene rings is 1. The van der Waals surface area contributed by atoms with Crippen molar-refractivity contribution in [2.24, 2.45) is 5.92 Å². The summed E-state index contributed by atoms with van der Waals surface area (Å²) in [5.74, 6) is 0.871. The molecule has 1 saturated carbocycles. The minimum absolute atomic E-state index is 0.130. The van der Waals surface area contributed by atoms with Gasteiger partial charge in [-0.15, -0.1) is 0 Å². The van der Waals surface area contributed by atoms with Gasteiger partial charge in [-0.1, -0.05) is 56.7 Å². The molecule has 2 amide bonds. The van der Waals surface area contributed by atoms with Crippen molar-refractivity contribution in [1.29, 1.82) is 0 Å². The largest absolute Gasteiger partial charge is 0.336 e. The number of hydrogen-bond acceptors (Lipinski definition) is 2. The van der Waals surface area contributed by atoms with Gasteiger partial charge in [0.25, 0.3) is 0 Å². The zero-order valence-electron chi connectivity index (χ0n) is 16.1. The van der Waals surface area contributed by atoms with E-state index in [0.717, 1.165) is 23.7 Å². The van der Waals surface area contributed by atoms with Crippen LogP contribution in [0.2, 0.25) is 0 Å². The highest BCUT2D eigenvalue weighted by molar-refractivity contribution is 5.90. The number of nitrogens with one attached hydrogen (secondary N) is 3. The van der Waals surface area contributed by atoms with Crippen LogP contribution in [-0.4, -0.2) is 18.1 Å². The number of amides is 2. The highest BCUT2D eigenvalue weighted by atomic mass is 16.2. The van der Waals surface area contributed by atoms with Gasteiger partial charge >= 0.3 is 6.03 Å². The SMILES string of the molecule is CC(C)NC(=O)Nc1ccccc1CN[C@@H](C)CC1CCCCCC1. The molecule has 0 aromatic heterocycles. The van der Waals surface area contributed by atoms with E-state index in [1.165, 1.54) is 44.9 Å². The first kappa shape index (κ1) is 19.8. The molecule has 4 nitrogen and oxygen atoms in total. The Balaban J connectivity index is 1.84. The summed E-state index contributed by atoms with van der Waals surface area (Å²) in [4.78, 5) is 12.0. The summed E-state index contributed by atoms with van der Waals surface area (Å²) in [7, 11) is 0. The molecule has 0 bridgehead atoms. The Hall–Kier alpha value is -1.55. The van der Waals surface area contributed by atoms with Crippen molar-refractivity contribution < 1.29 is 4.79 Å². The summed E-state index contributed by atoms with van der Waals surface area (Å²) in [6, 6.07) is 8.52. The molecule has 0 unspecified atom stereocenters. The topological polar surface area (TPSA) is 53.2 Å². The monoisotopic (exact) mass is 345 g/mol. The summed E-state index contributed by atoms with van der Waals surface area (Å²) >= 11 is 0. The Bertz CT molecular complexity index is 522. The van der Waals surface area contributed by atoms with Gasteiger partial charge in [0.05, 0.1) is 0 Å². The normalized spacial score (nSPS) is 17.1. The van der Waals surface area contributed by atoms with Crippen LogP contribution in [-0.2, 0) is 6.54 Å². The molecule has 1 fully saturated rings. The maximum Gasteiger partial charge on any atom is 0.319 e. The van der Waals surface area contributed by atoms with E-state index in [0.29, 0.717) is 6.04 Å². The van der Waals surface area contributed by atoms with Crippen molar-refractivity contribution in [2.75, 3.05) is 5.32 Å². The molecule has 0 heterocycles. The van der Waals surface area contributed by atoms with E-state index in [9.17, 15) is 4.79 Å². The average molecular weight is 346 g/mol. The first-order valence-corrected chi connectivity index (χ1v) is 9.93. The first-order valence-electron chi connectivity index (χ1n) is 9.93. The zero-order valence-corrected chi connectivity index (χ0v) is 16.1. The lowest BCUT2D eigenvalue weighted by Gasteiger charge is -2.21. The molecule has 0 saturated heterocycles. The number of carbonyl (C=O) groups excluding carboxylic acids is 1. The molecule has 1 atom stereocenters. The molecule has 1 aliphatic carbocycles. The van der Waals surface area contributed by atoms with E-state index in [1.54, 1.807) is 0 Å². The number of anilines is 1. The number of urea groups is 1. The fraction of sp³-hybridized carbons (Fsp3) is 0.667. The van der Waals surface area contributed by atoms with Gasteiger partial charge in [-0.2, -0.15) is 0 Å². The molecule has 1 aliphatic rings. The number of rotatable bonds is 7. The molecule has 0 radical (unpaired) electrons. The summed E-state index contributed by atoms with van der Waals surface area (Å²) in [6.45, 7) is 6.99. The Morgan fingerprint density at radius 2 is 1.76 bits per heavy atom. The fourth-order valence-electron chi connectivity index (χ4n) is 3.68. The second kappa shape index (κ2) is 10.4. The molecule has 1 aromatic carbocycles. The molecule has 3 N–H and O–H groups in total. The van der Waals surface area contributed by atoms with Gasteiger partial charge in [0, 0.05) is 24.3 Å². The summed E-state index contributed by atoms with van der Waals surface area (Å²) in [5, 5.41) is 9.49. The van der Waals surface area contributed by atoms with Crippen LogP contribution in [0.3, 0.4) is 0 Å². The lowest BCUT2D eigenvalue weighted by molar-refractivity contribution is 0.250. The Morgan fingerprint density at radius 1 is 1.08 bits per heavy atom. The molecule has 0 aliphatic heterocycles. The van der Waals surface area contributed by atoms with Crippen LogP contribution in [0.25, 0.3) is 0 Å². The van der Waals surface area contributed by atoms with E-state index >= 15 is 0 Å². The van der Waals surface area contributed by atoms with Gasteiger partial charge in [0.15, 0.2) is 0 Å². The van der Waals surface area contributed by atoms with Gasteiger partial charge in [-0.05, 0) is 44.7 Å². The van der Waals surface area contributed by atoms with Crippen molar-refractivity contribution in [2.45, 2.75) is 84.3 Å². The van der Waals surface area contributed by atoms with Crippen molar-refractivity contribution in [1.82, 2.24) is 10.6 Å². The molecule has 25 heavy (non-hydrogen) atoms. The third-order valence-corrected chi connectivity index (χ3v) is 4.99. The highest BCUT2D eigenvalue weighted by Crippen LogP contribution is 2.26. The smallest absolute Gasteiger partial charge is 0.319 e. The predicted octanol–water partition coefficient (Wildman–Crippen LogP) is 5.06. The number of carbonyl (C=O) groups is 1. The van der Waals surface area contributed by atoms with E-state index < -0.39 is 0 Å². The van der Waals surface area contributed by atoms with Gasteiger partial charge in [-0.3, -0.25) is 0 Å². The van der Waals surface area contributed by atoms with Crippen molar-refractivity contribution >= 4 is 11.7 Å². The fourth-order valence-corrected chi connectivity index (χ4v) is 3.68. The third kappa shape index (κ3) is 7.47. The van der Waals surface area contributed by atoms with Gasteiger partial charge in [0.1, 0.15) is 0 Å². The van der Waals surface area contributed by atoms with Crippen molar-refractivity contribution in [3.05, 3.63) is 29.8 Å². The Labute approximate surface area is 153 Å². The van der Waals surface area contributed by atoms with E-state index in [4.69, 9.17) is 0 Å². The third-order valence-electron chi connectivity index (χ3n) is 4.99. The molecule has 2 rings (SSSR count). The van der Waals surface area contributed by atoms with Crippen molar-refractivity contribution in [3.63, 3.8) is 0 Å². The van der Waals surface area contributed by atoms with Crippen LogP contribution in [0, 0.1) is 5.92 Å². The molecule has 140 valence electrons. The maximum absolute atomic E-state index is 12.0. The van der Waals surface area contributed by atoms with Gasteiger partial charge < -0.3 is 16.0 Å². The average Bonchev–Trinajstić information content (AvgIpc) is 2.82. The van der Waals surface area contributed by atoms with Crippen molar-refractivity contribution in [3.8, 4) is 0 Å². The van der Waals surface area contributed by atoms with Gasteiger partial charge in [-0.25, -0.2) is 4.79 Å². The lowest BCUT2D eigenvalue weighted by Crippen LogP contribution is -2.34. The Kier molecular flexibility index (Phi) is 8.26. The molecular formula is C21H35N3O. The van der Waals surface area contributed by atoms with Gasteiger partial charge in [0.2, 0.25) is 0 Å². The summed E-state index contributed by atoms with van der Waals surface area (Å²) < 4.78 is 0. The minimum Gasteiger partial charge on any atom is -0.336 e. The molecular weight excluding hydrogens is 310 g/mol.